The van der Waals surface area contributed by atoms with Gasteiger partial charge in [0.05, 0.1) is 6.61 Å². The number of anilines is 1. The van der Waals surface area contributed by atoms with Crippen molar-refractivity contribution in [3.8, 4) is 0 Å². The van der Waals surface area contributed by atoms with Gasteiger partial charge in [-0.15, -0.1) is 10.2 Å². The first-order valence-electron chi connectivity index (χ1n) is 5.92. The Hall–Kier alpha value is -1.90. The molecule has 6 nitrogen and oxygen atoms in total. The lowest BCUT2D eigenvalue weighted by Crippen LogP contribution is -2.41. The Morgan fingerprint density at radius 1 is 1.40 bits per heavy atom. The Balaban J connectivity index is 2.83. The largest absolute Gasteiger partial charge is 0.406 e. The van der Waals surface area contributed by atoms with Gasteiger partial charge in [-0.1, -0.05) is 0 Å². The summed E-state index contributed by atoms with van der Waals surface area (Å²) in [7, 11) is 0. The number of aliphatic hydroxyl groups is 1. The standard InChI is InChI=1S/C11H15F3N4O2/c1-2-15-9-4-3-8(16-17-9)10(20)18(5-6-19)7-11(12,13)14/h3-4,19H,2,5-7H2,1H3,(H,15,17). The van der Waals surface area contributed by atoms with E-state index in [0.29, 0.717) is 17.3 Å². The van der Waals surface area contributed by atoms with Crippen LogP contribution in [0, 0.1) is 0 Å². The van der Waals surface area contributed by atoms with Gasteiger partial charge in [0.15, 0.2) is 5.69 Å². The lowest BCUT2D eigenvalue weighted by Gasteiger charge is -2.22. The zero-order valence-electron chi connectivity index (χ0n) is 10.8. The summed E-state index contributed by atoms with van der Waals surface area (Å²) in [6.45, 7) is 0.0164. The zero-order valence-corrected chi connectivity index (χ0v) is 10.8. The minimum atomic E-state index is -4.54. The van der Waals surface area contributed by atoms with Gasteiger partial charge in [-0.3, -0.25) is 4.79 Å². The van der Waals surface area contributed by atoms with Gasteiger partial charge in [0.2, 0.25) is 0 Å². The SMILES string of the molecule is CCNc1ccc(C(=O)N(CCO)CC(F)(F)F)nn1. The van der Waals surface area contributed by atoms with Crippen LogP contribution in [0.4, 0.5) is 19.0 Å². The summed E-state index contributed by atoms with van der Waals surface area (Å²) in [5.41, 5.74) is -0.204. The van der Waals surface area contributed by atoms with Crippen LogP contribution < -0.4 is 5.32 Å². The van der Waals surface area contributed by atoms with Gasteiger partial charge < -0.3 is 15.3 Å². The van der Waals surface area contributed by atoms with Crippen molar-refractivity contribution in [1.82, 2.24) is 15.1 Å². The molecule has 0 saturated carbocycles. The van der Waals surface area contributed by atoms with Crippen LogP contribution in [-0.4, -0.2) is 58.5 Å². The number of carbonyl (C=O) groups is 1. The molecule has 1 heterocycles. The van der Waals surface area contributed by atoms with Crippen LogP contribution in [0.2, 0.25) is 0 Å². The number of hydrogen-bond acceptors (Lipinski definition) is 5. The van der Waals surface area contributed by atoms with Crippen molar-refractivity contribution in [2.75, 3.05) is 31.6 Å². The molecule has 0 aliphatic rings. The molecule has 1 rings (SSSR count). The maximum atomic E-state index is 12.3. The van der Waals surface area contributed by atoms with Crippen LogP contribution in [-0.2, 0) is 0 Å². The number of hydrogen-bond donors (Lipinski definition) is 2. The molecule has 0 radical (unpaired) electrons. The summed E-state index contributed by atoms with van der Waals surface area (Å²) in [6.07, 6.45) is -4.54. The topological polar surface area (TPSA) is 78.4 Å². The molecule has 0 saturated heterocycles. The van der Waals surface area contributed by atoms with Crippen molar-refractivity contribution < 1.29 is 23.1 Å². The number of halogens is 3. The fourth-order valence-corrected chi connectivity index (χ4v) is 1.47. The third kappa shape index (κ3) is 5.00. The number of carbonyl (C=O) groups excluding carboxylic acids is 1. The van der Waals surface area contributed by atoms with Crippen LogP contribution in [0.5, 0.6) is 0 Å². The molecule has 9 heteroatoms. The van der Waals surface area contributed by atoms with E-state index >= 15 is 0 Å². The first-order chi connectivity index (χ1) is 9.37. The lowest BCUT2D eigenvalue weighted by molar-refractivity contribution is -0.141. The summed E-state index contributed by atoms with van der Waals surface area (Å²) in [5.74, 6) is -0.500. The number of alkyl halides is 3. The first-order valence-corrected chi connectivity index (χ1v) is 5.92. The average Bonchev–Trinajstić information content (AvgIpc) is 2.37. The molecule has 0 fully saturated rings. The minimum Gasteiger partial charge on any atom is -0.395 e. The van der Waals surface area contributed by atoms with E-state index in [9.17, 15) is 18.0 Å². The molecule has 0 spiro atoms. The second-order valence-electron chi connectivity index (χ2n) is 3.90. The molecule has 0 aliphatic heterocycles. The first kappa shape index (κ1) is 16.2. The second-order valence-corrected chi connectivity index (χ2v) is 3.90. The fourth-order valence-electron chi connectivity index (χ4n) is 1.47. The summed E-state index contributed by atoms with van der Waals surface area (Å²) in [4.78, 5) is 12.4. The normalized spacial score (nSPS) is 11.2. The summed E-state index contributed by atoms with van der Waals surface area (Å²) in [5, 5.41) is 18.8. The van der Waals surface area contributed by atoms with Crippen LogP contribution in [0.25, 0.3) is 0 Å². The molecule has 20 heavy (non-hydrogen) atoms. The van der Waals surface area contributed by atoms with E-state index < -0.39 is 31.8 Å². The van der Waals surface area contributed by atoms with Gasteiger partial charge >= 0.3 is 6.18 Å². The molecule has 0 aromatic carbocycles. The molecule has 0 unspecified atom stereocenters. The van der Waals surface area contributed by atoms with E-state index in [2.05, 4.69) is 15.5 Å². The van der Waals surface area contributed by atoms with Crippen LogP contribution in [0.15, 0.2) is 12.1 Å². The van der Waals surface area contributed by atoms with Crippen molar-refractivity contribution in [3.63, 3.8) is 0 Å². The van der Waals surface area contributed by atoms with E-state index in [-0.39, 0.29) is 5.69 Å². The van der Waals surface area contributed by atoms with Gasteiger partial charge in [-0.2, -0.15) is 13.2 Å². The molecular weight excluding hydrogens is 277 g/mol. The molecule has 2 N–H and O–H groups in total. The van der Waals surface area contributed by atoms with E-state index in [1.54, 1.807) is 0 Å². The number of aromatic nitrogens is 2. The van der Waals surface area contributed by atoms with Crippen molar-refractivity contribution in [3.05, 3.63) is 17.8 Å². The minimum absolute atomic E-state index is 0.204. The molecular formula is C11H15F3N4O2. The molecule has 0 bridgehead atoms. The highest BCUT2D eigenvalue weighted by Crippen LogP contribution is 2.17. The fraction of sp³-hybridized carbons (Fsp3) is 0.545. The number of nitrogens with one attached hydrogen (secondary N) is 1. The third-order valence-corrected chi connectivity index (χ3v) is 2.27. The third-order valence-electron chi connectivity index (χ3n) is 2.27. The highest BCUT2D eigenvalue weighted by atomic mass is 19.4. The Labute approximate surface area is 113 Å². The second kappa shape index (κ2) is 7.04. The van der Waals surface area contributed by atoms with Crippen LogP contribution in [0.1, 0.15) is 17.4 Å². The zero-order chi connectivity index (χ0) is 15.2. The maximum absolute atomic E-state index is 12.3. The van der Waals surface area contributed by atoms with Crippen LogP contribution in [0.3, 0.4) is 0 Å². The monoisotopic (exact) mass is 292 g/mol. The Bertz CT molecular complexity index is 436. The van der Waals surface area contributed by atoms with Crippen molar-refractivity contribution in [2.45, 2.75) is 13.1 Å². The van der Waals surface area contributed by atoms with E-state index in [0.717, 1.165) is 0 Å². The number of rotatable bonds is 6. The van der Waals surface area contributed by atoms with E-state index in [4.69, 9.17) is 5.11 Å². The molecule has 1 aromatic rings. The summed E-state index contributed by atoms with van der Waals surface area (Å²) >= 11 is 0. The smallest absolute Gasteiger partial charge is 0.395 e. The van der Waals surface area contributed by atoms with E-state index in [1.807, 2.05) is 6.92 Å². The van der Waals surface area contributed by atoms with Gasteiger partial charge in [0, 0.05) is 13.1 Å². The molecule has 1 amide bonds. The summed E-state index contributed by atoms with van der Waals surface area (Å²) < 4.78 is 37.0. The highest BCUT2D eigenvalue weighted by molar-refractivity contribution is 5.92. The van der Waals surface area contributed by atoms with Crippen molar-refractivity contribution in [2.24, 2.45) is 0 Å². The van der Waals surface area contributed by atoms with Gasteiger partial charge in [0.25, 0.3) is 5.91 Å². The Morgan fingerprint density at radius 3 is 2.55 bits per heavy atom. The lowest BCUT2D eigenvalue weighted by atomic mass is 10.3. The summed E-state index contributed by atoms with van der Waals surface area (Å²) in [6, 6.07) is 2.74. The predicted octanol–water partition coefficient (Wildman–Crippen LogP) is 0.905. The molecule has 1 aromatic heterocycles. The van der Waals surface area contributed by atoms with Gasteiger partial charge in [-0.05, 0) is 19.1 Å². The number of amides is 1. The van der Waals surface area contributed by atoms with Crippen molar-refractivity contribution in [1.29, 1.82) is 0 Å². The Kier molecular flexibility index (Phi) is 5.68. The molecule has 0 atom stereocenters. The Morgan fingerprint density at radius 2 is 2.10 bits per heavy atom. The molecule has 0 aliphatic carbocycles. The predicted molar refractivity (Wildman–Crippen MR) is 65.2 cm³/mol. The molecule has 112 valence electrons. The maximum Gasteiger partial charge on any atom is 0.406 e. The number of aliphatic hydroxyl groups excluding tert-OH is 1. The van der Waals surface area contributed by atoms with Gasteiger partial charge in [0.1, 0.15) is 12.4 Å². The number of nitrogens with zero attached hydrogens (tertiary/aromatic N) is 3. The average molecular weight is 292 g/mol. The highest BCUT2D eigenvalue weighted by Gasteiger charge is 2.33. The van der Waals surface area contributed by atoms with Gasteiger partial charge in [-0.25, -0.2) is 0 Å². The van der Waals surface area contributed by atoms with Crippen molar-refractivity contribution >= 4 is 11.7 Å². The quantitative estimate of drug-likeness (QED) is 0.814. The van der Waals surface area contributed by atoms with Crippen LogP contribution >= 0.6 is 0 Å². The van der Waals surface area contributed by atoms with E-state index in [1.165, 1.54) is 12.1 Å².